The molecule has 0 saturated carbocycles. The van der Waals surface area contributed by atoms with Crippen molar-refractivity contribution in [2.24, 2.45) is 0 Å². The van der Waals surface area contributed by atoms with Gasteiger partial charge < -0.3 is 14.1 Å². The highest BCUT2D eigenvalue weighted by Gasteiger charge is 2.26. The first-order valence-electron chi connectivity index (χ1n) is 8.25. The summed E-state index contributed by atoms with van der Waals surface area (Å²) in [6.45, 7) is 2.58. The average molecular weight is 344 g/mol. The Kier molecular flexibility index (Phi) is 4.44. The fourth-order valence-electron chi connectivity index (χ4n) is 3.05. The smallest absolute Gasteiger partial charge is 0.205 e. The molecule has 7 heteroatoms. The molecule has 0 radical (unpaired) electrons. The summed E-state index contributed by atoms with van der Waals surface area (Å²) < 4.78 is 15.4. The van der Waals surface area contributed by atoms with E-state index in [1.54, 1.807) is 7.11 Å². The van der Waals surface area contributed by atoms with Gasteiger partial charge in [-0.15, -0.1) is 0 Å². The van der Waals surface area contributed by atoms with Gasteiger partial charge in [-0.1, -0.05) is 12.1 Å². The van der Waals surface area contributed by atoms with E-state index in [9.17, 15) is 0 Å². The molecule has 3 heterocycles. The highest BCUT2D eigenvalue weighted by Crippen LogP contribution is 2.32. The molecule has 0 N–H and O–H groups in total. The highest BCUT2D eigenvalue weighted by atomic mass is 32.1. The molecule has 1 fully saturated rings. The normalized spacial score (nSPS) is 16.1. The predicted octanol–water partition coefficient (Wildman–Crippen LogP) is 3.25. The standard InChI is InChI=1S/C17H20N4O2S/c1-22-11-8-15-19-17(24-20-15)21-9-6-12(7-10-21)16-18-13-4-2-3-5-14(13)23-16/h2-5,12H,6-11H2,1H3. The third-order valence-electron chi connectivity index (χ3n) is 4.41. The van der Waals surface area contributed by atoms with E-state index < -0.39 is 0 Å². The molecule has 0 amide bonds. The van der Waals surface area contributed by atoms with Crippen molar-refractivity contribution in [2.75, 3.05) is 31.7 Å². The van der Waals surface area contributed by atoms with Gasteiger partial charge in [0.05, 0.1) is 6.61 Å². The minimum absolute atomic E-state index is 0.384. The van der Waals surface area contributed by atoms with Gasteiger partial charge in [-0.3, -0.25) is 0 Å². The first kappa shape index (κ1) is 15.5. The molecule has 0 aliphatic carbocycles. The molecule has 3 aromatic rings. The SMILES string of the molecule is COCCc1nsc(N2CCC(c3nc4ccccc4o3)CC2)n1. The first-order chi connectivity index (χ1) is 11.8. The topological polar surface area (TPSA) is 64.3 Å². The average Bonchev–Trinajstić information content (AvgIpc) is 3.27. The van der Waals surface area contributed by atoms with Crippen molar-refractivity contribution >= 4 is 27.8 Å². The fraction of sp³-hybridized carbons (Fsp3) is 0.471. The Hall–Kier alpha value is -1.99. The molecule has 0 bridgehead atoms. The summed E-state index contributed by atoms with van der Waals surface area (Å²) in [5, 5.41) is 1.01. The van der Waals surface area contributed by atoms with Crippen LogP contribution in [0.2, 0.25) is 0 Å². The Morgan fingerprint density at radius 3 is 2.88 bits per heavy atom. The van der Waals surface area contributed by atoms with Crippen LogP contribution in [0.4, 0.5) is 5.13 Å². The number of aromatic nitrogens is 3. The summed E-state index contributed by atoms with van der Waals surface area (Å²) in [5.74, 6) is 2.13. The molecule has 126 valence electrons. The number of para-hydroxylation sites is 2. The van der Waals surface area contributed by atoms with Crippen molar-refractivity contribution in [1.29, 1.82) is 0 Å². The molecule has 2 aromatic heterocycles. The summed E-state index contributed by atoms with van der Waals surface area (Å²) in [6.07, 6.45) is 2.83. The maximum atomic E-state index is 5.93. The molecule has 6 nitrogen and oxygen atoms in total. The number of hydrogen-bond acceptors (Lipinski definition) is 7. The molecule has 1 aliphatic rings. The third kappa shape index (κ3) is 3.14. The van der Waals surface area contributed by atoms with E-state index in [4.69, 9.17) is 9.15 Å². The number of hydrogen-bond donors (Lipinski definition) is 0. The van der Waals surface area contributed by atoms with E-state index in [-0.39, 0.29) is 0 Å². The molecule has 1 aliphatic heterocycles. The van der Waals surface area contributed by atoms with Crippen molar-refractivity contribution in [3.8, 4) is 0 Å². The highest BCUT2D eigenvalue weighted by molar-refractivity contribution is 7.09. The minimum atomic E-state index is 0.384. The second-order valence-electron chi connectivity index (χ2n) is 6.02. The van der Waals surface area contributed by atoms with Gasteiger partial charge >= 0.3 is 0 Å². The lowest BCUT2D eigenvalue weighted by atomic mass is 9.97. The lowest BCUT2D eigenvalue weighted by Gasteiger charge is -2.29. The molecular weight excluding hydrogens is 324 g/mol. The van der Waals surface area contributed by atoms with Crippen LogP contribution in [-0.2, 0) is 11.2 Å². The summed E-state index contributed by atoms with van der Waals surface area (Å²) in [6, 6.07) is 7.95. The van der Waals surface area contributed by atoms with Crippen LogP contribution >= 0.6 is 11.5 Å². The number of nitrogens with zero attached hydrogens (tertiary/aromatic N) is 4. The summed E-state index contributed by atoms with van der Waals surface area (Å²) in [7, 11) is 1.70. The first-order valence-corrected chi connectivity index (χ1v) is 9.03. The molecular formula is C17H20N4O2S. The van der Waals surface area contributed by atoms with E-state index in [1.807, 2.05) is 24.3 Å². The van der Waals surface area contributed by atoms with Crippen molar-refractivity contribution < 1.29 is 9.15 Å². The van der Waals surface area contributed by atoms with Crippen LogP contribution in [0.25, 0.3) is 11.1 Å². The number of methoxy groups -OCH3 is 1. The van der Waals surface area contributed by atoms with Gasteiger partial charge in [0.1, 0.15) is 11.3 Å². The number of ether oxygens (including phenoxy) is 1. The van der Waals surface area contributed by atoms with E-state index in [2.05, 4.69) is 19.2 Å². The molecule has 0 atom stereocenters. The molecule has 0 spiro atoms. The Bertz CT molecular complexity index is 775. The Balaban J connectivity index is 1.40. The number of anilines is 1. The Labute approximate surface area is 144 Å². The van der Waals surface area contributed by atoms with Crippen LogP contribution in [0.3, 0.4) is 0 Å². The number of piperidine rings is 1. The summed E-state index contributed by atoms with van der Waals surface area (Å²) in [5.41, 5.74) is 1.82. The zero-order chi connectivity index (χ0) is 16.4. The Morgan fingerprint density at radius 2 is 2.08 bits per heavy atom. The van der Waals surface area contributed by atoms with E-state index in [0.717, 1.165) is 60.3 Å². The second kappa shape index (κ2) is 6.86. The van der Waals surface area contributed by atoms with Crippen LogP contribution in [0.1, 0.15) is 30.5 Å². The maximum Gasteiger partial charge on any atom is 0.205 e. The van der Waals surface area contributed by atoms with Gasteiger partial charge in [0.25, 0.3) is 0 Å². The number of fused-ring (bicyclic) bond motifs is 1. The molecule has 1 aromatic carbocycles. The molecule has 24 heavy (non-hydrogen) atoms. The van der Waals surface area contributed by atoms with Crippen LogP contribution in [0.15, 0.2) is 28.7 Å². The van der Waals surface area contributed by atoms with Gasteiger partial charge in [-0.2, -0.15) is 4.37 Å². The molecule has 0 unspecified atom stereocenters. The quantitative estimate of drug-likeness (QED) is 0.708. The lowest BCUT2D eigenvalue weighted by molar-refractivity contribution is 0.201. The van der Waals surface area contributed by atoms with Gasteiger partial charge in [-0.05, 0) is 25.0 Å². The van der Waals surface area contributed by atoms with Crippen LogP contribution in [0.5, 0.6) is 0 Å². The van der Waals surface area contributed by atoms with Crippen molar-refractivity contribution in [1.82, 2.24) is 14.3 Å². The summed E-state index contributed by atoms with van der Waals surface area (Å²) in [4.78, 5) is 11.6. The monoisotopic (exact) mass is 344 g/mol. The van der Waals surface area contributed by atoms with Gasteiger partial charge in [0.15, 0.2) is 11.5 Å². The Morgan fingerprint density at radius 1 is 1.25 bits per heavy atom. The minimum Gasteiger partial charge on any atom is -0.440 e. The number of benzene rings is 1. The number of oxazole rings is 1. The second-order valence-corrected chi connectivity index (χ2v) is 6.75. The number of rotatable bonds is 5. The predicted molar refractivity (Wildman–Crippen MR) is 93.7 cm³/mol. The third-order valence-corrected chi connectivity index (χ3v) is 5.23. The zero-order valence-electron chi connectivity index (χ0n) is 13.6. The van der Waals surface area contributed by atoms with E-state index in [1.165, 1.54) is 11.5 Å². The van der Waals surface area contributed by atoms with Crippen LogP contribution < -0.4 is 4.90 Å². The van der Waals surface area contributed by atoms with Gasteiger partial charge in [-0.25, -0.2) is 9.97 Å². The van der Waals surface area contributed by atoms with Crippen molar-refractivity contribution in [2.45, 2.75) is 25.2 Å². The molecule has 4 rings (SSSR count). The van der Waals surface area contributed by atoms with E-state index in [0.29, 0.717) is 12.5 Å². The van der Waals surface area contributed by atoms with Gasteiger partial charge in [0, 0.05) is 44.1 Å². The largest absolute Gasteiger partial charge is 0.440 e. The zero-order valence-corrected chi connectivity index (χ0v) is 14.5. The fourth-order valence-corrected chi connectivity index (χ4v) is 3.81. The van der Waals surface area contributed by atoms with Crippen LogP contribution in [-0.4, -0.2) is 41.1 Å². The van der Waals surface area contributed by atoms with Crippen molar-refractivity contribution in [3.63, 3.8) is 0 Å². The van der Waals surface area contributed by atoms with Crippen LogP contribution in [0, 0.1) is 0 Å². The molecule has 1 saturated heterocycles. The maximum absolute atomic E-state index is 5.93. The van der Waals surface area contributed by atoms with E-state index >= 15 is 0 Å². The lowest BCUT2D eigenvalue weighted by Crippen LogP contribution is -2.32. The van der Waals surface area contributed by atoms with Gasteiger partial charge in [0.2, 0.25) is 5.13 Å². The summed E-state index contributed by atoms with van der Waals surface area (Å²) >= 11 is 1.48. The van der Waals surface area contributed by atoms with Crippen molar-refractivity contribution in [3.05, 3.63) is 36.0 Å².